The minimum Gasteiger partial charge on any atom is -0.444 e. The molecule has 0 heterocycles. The van der Waals surface area contributed by atoms with Gasteiger partial charge >= 0.3 is 6.09 Å². The van der Waals surface area contributed by atoms with Crippen molar-refractivity contribution in [1.29, 1.82) is 0 Å². The summed E-state index contributed by atoms with van der Waals surface area (Å²) >= 11 is 0. The Labute approximate surface area is 123 Å². The van der Waals surface area contributed by atoms with Crippen molar-refractivity contribution in [1.82, 2.24) is 5.32 Å². The lowest BCUT2D eigenvalue weighted by atomic mass is 10.00. The molecule has 0 aliphatic heterocycles. The summed E-state index contributed by atoms with van der Waals surface area (Å²) in [7, 11) is 0. The standard InChI is InChI=1S/C14H21N3O4/c1-9-6-5-7-11(17(19)20)12(9)10(15)8-16-13(18)21-14(2,3)4/h5-7,10H,8,15H2,1-4H3,(H,16,18). The van der Waals surface area contributed by atoms with E-state index in [2.05, 4.69) is 5.32 Å². The maximum atomic E-state index is 11.6. The zero-order valence-electron chi connectivity index (χ0n) is 12.7. The summed E-state index contributed by atoms with van der Waals surface area (Å²) in [4.78, 5) is 22.1. The average molecular weight is 295 g/mol. The summed E-state index contributed by atoms with van der Waals surface area (Å²) in [5.74, 6) is 0. The topological polar surface area (TPSA) is 107 Å². The molecule has 1 rings (SSSR count). The molecule has 0 saturated carbocycles. The predicted molar refractivity (Wildman–Crippen MR) is 79.0 cm³/mol. The van der Waals surface area contributed by atoms with Gasteiger partial charge in [-0.1, -0.05) is 12.1 Å². The van der Waals surface area contributed by atoms with E-state index in [0.717, 1.165) is 0 Å². The number of alkyl carbamates (subject to hydrolysis) is 1. The highest BCUT2D eigenvalue weighted by molar-refractivity contribution is 5.67. The molecule has 116 valence electrons. The number of carbonyl (C=O) groups is 1. The van der Waals surface area contributed by atoms with Crippen molar-refractivity contribution in [3.05, 3.63) is 39.4 Å². The zero-order chi connectivity index (χ0) is 16.2. The van der Waals surface area contributed by atoms with E-state index in [1.165, 1.54) is 6.07 Å². The summed E-state index contributed by atoms with van der Waals surface area (Å²) in [5.41, 5.74) is 6.44. The first-order valence-electron chi connectivity index (χ1n) is 6.58. The lowest BCUT2D eigenvalue weighted by molar-refractivity contribution is -0.385. The number of ether oxygens (including phenoxy) is 1. The first kappa shape index (κ1) is 16.9. The number of benzene rings is 1. The average Bonchev–Trinajstić information content (AvgIpc) is 2.33. The van der Waals surface area contributed by atoms with Gasteiger partial charge in [0.2, 0.25) is 0 Å². The Morgan fingerprint density at radius 2 is 2.10 bits per heavy atom. The summed E-state index contributed by atoms with van der Waals surface area (Å²) < 4.78 is 5.09. The predicted octanol–water partition coefficient (Wildman–Crippen LogP) is 2.43. The summed E-state index contributed by atoms with van der Waals surface area (Å²) in [6, 6.07) is 4.06. The van der Waals surface area contributed by atoms with Gasteiger partial charge in [0, 0.05) is 12.6 Å². The number of hydrogen-bond donors (Lipinski definition) is 2. The van der Waals surface area contributed by atoms with Gasteiger partial charge in [0.05, 0.1) is 16.5 Å². The molecule has 1 unspecified atom stereocenters. The first-order valence-corrected chi connectivity index (χ1v) is 6.58. The maximum absolute atomic E-state index is 11.6. The Hall–Kier alpha value is -2.15. The second kappa shape index (κ2) is 6.53. The van der Waals surface area contributed by atoms with Gasteiger partial charge in [-0.2, -0.15) is 0 Å². The molecule has 0 aliphatic rings. The van der Waals surface area contributed by atoms with E-state index < -0.39 is 22.7 Å². The van der Waals surface area contributed by atoms with E-state index >= 15 is 0 Å². The molecule has 3 N–H and O–H groups in total. The van der Waals surface area contributed by atoms with E-state index in [9.17, 15) is 14.9 Å². The van der Waals surface area contributed by atoms with Crippen LogP contribution in [-0.4, -0.2) is 23.2 Å². The van der Waals surface area contributed by atoms with Gasteiger partial charge in [-0.15, -0.1) is 0 Å². The smallest absolute Gasteiger partial charge is 0.407 e. The van der Waals surface area contributed by atoms with Gasteiger partial charge in [-0.25, -0.2) is 4.79 Å². The summed E-state index contributed by atoms with van der Waals surface area (Å²) in [5, 5.41) is 13.6. The van der Waals surface area contributed by atoms with Crippen molar-refractivity contribution in [3.8, 4) is 0 Å². The van der Waals surface area contributed by atoms with Crippen molar-refractivity contribution in [2.75, 3.05) is 6.54 Å². The molecule has 7 nitrogen and oxygen atoms in total. The largest absolute Gasteiger partial charge is 0.444 e. The van der Waals surface area contributed by atoms with Crippen molar-refractivity contribution < 1.29 is 14.5 Å². The van der Waals surface area contributed by atoms with E-state index in [4.69, 9.17) is 10.5 Å². The Kier molecular flexibility index (Phi) is 5.26. The molecule has 21 heavy (non-hydrogen) atoms. The number of hydrogen-bond acceptors (Lipinski definition) is 5. The number of carbonyl (C=O) groups excluding carboxylic acids is 1. The number of nitrogens with one attached hydrogen (secondary N) is 1. The van der Waals surface area contributed by atoms with Crippen molar-refractivity contribution >= 4 is 11.8 Å². The number of rotatable bonds is 4. The monoisotopic (exact) mass is 295 g/mol. The van der Waals surface area contributed by atoms with Gasteiger partial charge in [-0.05, 0) is 33.3 Å². The number of nitrogens with two attached hydrogens (primary N) is 1. The molecule has 0 bridgehead atoms. The number of nitro groups is 1. The highest BCUT2D eigenvalue weighted by Crippen LogP contribution is 2.26. The van der Waals surface area contributed by atoms with Gasteiger partial charge < -0.3 is 15.8 Å². The van der Waals surface area contributed by atoms with Crippen LogP contribution in [-0.2, 0) is 4.74 Å². The number of aryl methyl sites for hydroxylation is 1. The van der Waals surface area contributed by atoms with Crippen LogP contribution in [0.4, 0.5) is 10.5 Å². The summed E-state index contributed by atoms with van der Waals surface area (Å²) in [6.07, 6.45) is -0.603. The Balaban J connectivity index is 2.79. The molecule has 1 aromatic rings. The fraction of sp³-hybridized carbons (Fsp3) is 0.500. The van der Waals surface area contributed by atoms with E-state index in [1.807, 2.05) is 0 Å². The van der Waals surface area contributed by atoms with E-state index in [1.54, 1.807) is 39.8 Å². The second-order valence-electron chi connectivity index (χ2n) is 5.75. The lowest BCUT2D eigenvalue weighted by Gasteiger charge is -2.21. The molecule has 1 aromatic carbocycles. The van der Waals surface area contributed by atoms with Gasteiger partial charge in [0.15, 0.2) is 0 Å². The maximum Gasteiger partial charge on any atom is 0.407 e. The fourth-order valence-corrected chi connectivity index (χ4v) is 1.92. The fourth-order valence-electron chi connectivity index (χ4n) is 1.92. The van der Waals surface area contributed by atoms with Crippen LogP contribution in [0.5, 0.6) is 0 Å². The third-order valence-electron chi connectivity index (χ3n) is 2.73. The molecule has 0 radical (unpaired) electrons. The molecule has 0 fully saturated rings. The van der Waals surface area contributed by atoms with Crippen LogP contribution >= 0.6 is 0 Å². The van der Waals surface area contributed by atoms with Gasteiger partial charge in [0.25, 0.3) is 5.69 Å². The van der Waals surface area contributed by atoms with Crippen LogP contribution in [0.25, 0.3) is 0 Å². The van der Waals surface area contributed by atoms with Crippen LogP contribution < -0.4 is 11.1 Å². The van der Waals surface area contributed by atoms with Crippen LogP contribution in [0.2, 0.25) is 0 Å². The molecule has 0 saturated heterocycles. The van der Waals surface area contributed by atoms with E-state index in [0.29, 0.717) is 11.1 Å². The Bertz CT molecular complexity index is 538. The molecule has 0 spiro atoms. The minimum absolute atomic E-state index is 0.0477. The molecule has 0 aliphatic carbocycles. The van der Waals surface area contributed by atoms with Crippen molar-refractivity contribution in [3.63, 3.8) is 0 Å². The number of nitro benzene ring substituents is 1. The number of amides is 1. The lowest BCUT2D eigenvalue weighted by Crippen LogP contribution is -2.37. The molecular weight excluding hydrogens is 274 g/mol. The van der Waals surface area contributed by atoms with Crippen LogP contribution in [0.1, 0.15) is 37.9 Å². The highest BCUT2D eigenvalue weighted by atomic mass is 16.6. The molecule has 1 atom stereocenters. The Morgan fingerprint density at radius 1 is 1.48 bits per heavy atom. The van der Waals surface area contributed by atoms with Crippen LogP contribution in [0.15, 0.2) is 18.2 Å². The quantitative estimate of drug-likeness (QED) is 0.655. The van der Waals surface area contributed by atoms with E-state index in [-0.39, 0.29) is 12.2 Å². The third-order valence-corrected chi connectivity index (χ3v) is 2.73. The van der Waals surface area contributed by atoms with Crippen LogP contribution in [0, 0.1) is 17.0 Å². The first-order chi connectivity index (χ1) is 9.61. The highest BCUT2D eigenvalue weighted by Gasteiger charge is 2.23. The van der Waals surface area contributed by atoms with Crippen molar-refractivity contribution in [2.24, 2.45) is 5.73 Å². The molecule has 1 amide bonds. The molecule has 7 heteroatoms. The molecular formula is C14H21N3O4. The van der Waals surface area contributed by atoms with Gasteiger partial charge in [-0.3, -0.25) is 10.1 Å². The minimum atomic E-state index is -0.681. The Morgan fingerprint density at radius 3 is 2.62 bits per heavy atom. The number of nitrogens with zero attached hydrogens (tertiary/aromatic N) is 1. The van der Waals surface area contributed by atoms with Gasteiger partial charge in [0.1, 0.15) is 5.60 Å². The molecule has 0 aromatic heterocycles. The second-order valence-corrected chi connectivity index (χ2v) is 5.75. The summed E-state index contributed by atoms with van der Waals surface area (Å²) in [6.45, 7) is 7.05. The normalized spacial score (nSPS) is 12.6. The van der Waals surface area contributed by atoms with Crippen LogP contribution in [0.3, 0.4) is 0 Å². The van der Waals surface area contributed by atoms with Crippen molar-refractivity contribution in [2.45, 2.75) is 39.3 Å². The SMILES string of the molecule is Cc1cccc([N+](=O)[O-])c1C(N)CNC(=O)OC(C)(C)C. The third kappa shape index (κ3) is 5.03. The zero-order valence-corrected chi connectivity index (χ0v) is 12.7.